The normalized spacial score (nSPS) is 10.2. The van der Waals surface area contributed by atoms with Crippen LogP contribution >= 0.6 is 0 Å². The van der Waals surface area contributed by atoms with Crippen LogP contribution in [0.1, 0.15) is 31.8 Å². The lowest BCUT2D eigenvalue weighted by Crippen LogP contribution is -2.12. The van der Waals surface area contributed by atoms with Gasteiger partial charge in [-0.25, -0.2) is 4.79 Å². The Hall–Kier alpha value is -3.80. The van der Waals surface area contributed by atoms with E-state index in [4.69, 9.17) is 4.74 Å². The van der Waals surface area contributed by atoms with Crippen LogP contribution in [0.25, 0.3) is 0 Å². The van der Waals surface area contributed by atoms with E-state index in [9.17, 15) is 19.7 Å². The molecule has 0 aliphatic rings. The van der Waals surface area contributed by atoms with Gasteiger partial charge in [0.15, 0.2) is 5.78 Å². The smallest absolute Gasteiger partial charge is 0.339 e. The molecule has 6 heteroatoms. The first-order chi connectivity index (χ1) is 13.1. The standard InChI is InChI=1S/C21H15NO5/c23-20(16-8-2-1-3-9-16)18-11-4-5-12-19(18)21(24)27-14-15-7-6-10-17(13-15)22(25)26/h1-13H,14H2. The van der Waals surface area contributed by atoms with Crippen LogP contribution in [0.4, 0.5) is 5.69 Å². The highest BCUT2D eigenvalue weighted by Crippen LogP contribution is 2.18. The second-order valence-electron chi connectivity index (χ2n) is 5.74. The maximum absolute atomic E-state index is 12.7. The number of benzene rings is 3. The minimum absolute atomic E-state index is 0.0804. The van der Waals surface area contributed by atoms with Gasteiger partial charge in [-0.1, -0.05) is 60.7 Å². The highest BCUT2D eigenvalue weighted by molar-refractivity contribution is 6.14. The fourth-order valence-electron chi connectivity index (χ4n) is 2.59. The molecule has 134 valence electrons. The molecule has 0 saturated heterocycles. The van der Waals surface area contributed by atoms with E-state index in [1.807, 2.05) is 0 Å². The molecule has 0 fully saturated rings. The van der Waals surface area contributed by atoms with Crippen molar-refractivity contribution in [3.8, 4) is 0 Å². The van der Waals surface area contributed by atoms with Gasteiger partial charge in [-0.2, -0.15) is 0 Å². The fourth-order valence-corrected chi connectivity index (χ4v) is 2.59. The summed E-state index contributed by atoms with van der Waals surface area (Å²) in [6.07, 6.45) is 0. The summed E-state index contributed by atoms with van der Waals surface area (Å²) in [5.41, 5.74) is 1.27. The average Bonchev–Trinajstić information content (AvgIpc) is 2.72. The van der Waals surface area contributed by atoms with Gasteiger partial charge in [0.05, 0.1) is 10.5 Å². The number of esters is 1. The predicted octanol–water partition coefficient (Wildman–Crippen LogP) is 4.18. The molecule has 6 nitrogen and oxygen atoms in total. The molecule has 0 bridgehead atoms. The molecule has 27 heavy (non-hydrogen) atoms. The van der Waals surface area contributed by atoms with E-state index in [0.717, 1.165) is 0 Å². The lowest BCUT2D eigenvalue weighted by molar-refractivity contribution is -0.384. The van der Waals surface area contributed by atoms with Gasteiger partial charge < -0.3 is 4.74 Å². The Morgan fingerprint density at radius 2 is 1.52 bits per heavy atom. The summed E-state index contributed by atoms with van der Waals surface area (Å²) < 4.78 is 5.26. The van der Waals surface area contributed by atoms with Gasteiger partial charge in [0.2, 0.25) is 0 Å². The Morgan fingerprint density at radius 3 is 2.22 bits per heavy atom. The molecule has 3 aromatic rings. The number of rotatable bonds is 6. The molecular formula is C21H15NO5. The summed E-state index contributed by atoms with van der Waals surface area (Å²) in [5.74, 6) is -0.945. The van der Waals surface area contributed by atoms with Gasteiger partial charge >= 0.3 is 5.97 Å². The zero-order valence-electron chi connectivity index (χ0n) is 14.2. The molecule has 0 aliphatic carbocycles. The number of hydrogen-bond acceptors (Lipinski definition) is 5. The Morgan fingerprint density at radius 1 is 0.852 bits per heavy atom. The molecular weight excluding hydrogens is 346 g/mol. The maximum Gasteiger partial charge on any atom is 0.339 e. The van der Waals surface area contributed by atoms with Crippen molar-refractivity contribution in [2.45, 2.75) is 6.61 Å². The van der Waals surface area contributed by atoms with Crippen molar-refractivity contribution < 1.29 is 19.2 Å². The van der Waals surface area contributed by atoms with E-state index < -0.39 is 10.9 Å². The van der Waals surface area contributed by atoms with Crippen LogP contribution in [0, 0.1) is 10.1 Å². The van der Waals surface area contributed by atoms with Crippen LogP contribution in [-0.2, 0) is 11.3 Å². The van der Waals surface area contributed by atoms with Crippen LogP contribution in [0.5, 0.6) is 0 Å². The predicted molar refractivity (Wildman–Crippen MR) is 98.5 cm³/mol. The number of ketones is 1. The molecule has 0 atom stereocenters. The number of nitrogens with zero attached hydrogens (tertiary/aromatic N) is 1. The molecule has 3 rings (SSSR count). The van der Waals surface area contributed by atoms with Crippen molar-refractivity contribution in [3.63, 3.8) is 0 Å². The Bertz CT molecular complexity index is 998. The third kappa shape index (κ3) is 4.24. The first kappa shape index (κ1) is 18.0. The quantitative estimate of drug-likeness (QED) is 0.284. The summed E-state index contributed by atoms with van der Waals surface area (Å²) in [5, 5.41) is 10.8. The topological polar surface area (TPSA) is 86.5 Å². The van der Waals surface area contributed by atoms with E-state index in [1.54, 1.807) is 54.6 Å². The van der Waals surface area contributed by atoms with Crippen molar-refractivity contribution in [3.05, 3.63) is 111 Å². The monoisotopic (exact) mass is 361 g/mol. The van der Waals surface area contributed by atoms with Crippen molar-refractivity contribution in [2.24, 2.45) is 0 Å². The first-order valence-electron chi connectivity index (χ1n) is 8.15. The lowest BCUT2D eigenvalue weighted by Gasteiger charge is -2.09. The molecule has 0 spiro atoms. The number of carbonyl (C=O) groups is 2. The molecule has 0 N–H and O–H groups in total. The van der Waals surface area contributed by atoms with Gasteiger partial charge in [-0.3, -0.25) is 14.9 Å². The van der Waals surface area contributed by atoms with Crippen LogP contribution in [0.15, 0.2) is 78.9 Å². The summed E-state index contributed by atoms with van der Waals surface area (Å²) in [6.45, 7) is -0.131. The first-order valence-corrected chi connectivity index (χ1v) is 8.15. The molecule has 0 saturated carbocycles. The summed E-state index contributed by atoms with van der Waals surface area (Å²) in [4.78, 5) is 35.5. The Balaban J connectivity index is 1.79. The average molecular weight is 361 g/mol. The van der Waals surface area contributed by atoms with Crippen LogP contribution in [0.2, 0.25) is 0 Å². The zero-order chi connectivity index (χ0) is 19.2. The molecule has 0 unspecified atom stereocenters. The molecule has 0 radical (unpaired) electrons. The number of nitro groups is 1. The van der Waals surface area contributed by atoms with E-state index in [1.165, 1.54) is 24.3 Å². The van der Waals surface area contributed by atoms with E-state index in [0.29, 0.717) is 11.1 Å². The number of ether oxygens (including phenoxy) is 1. The van der Waals surface area contributed by atoms with Crippen molar-refractivity contribution in [1.82, 2.24) is 0 Å². The minimum Gasteiger partial charge on any atom is -0.457 e. The SMILES string of the molecule is O=C(OCc1cccc([N+](=O)[O-])c1)c1ccccc1C(=O)c1ccccc1. The molecule has 0 amide bonds. The van der Waals surface area contributed by atoms with Crippen molar-refractivity contribution >= 4 is 17.4 Å². The number of hydrogen-bond donors (Lipinski definition) is 0. The van der Waals surface area contributed by atoms with E-state index in [2.05, 4.69) is 0 Å². The fraction of sp³-hybridized carbons (Fsp3) is 0.0476. The van der Waals surface area contributed by atoms with E-state index >= 15 is 0 Å². The van der Waals surface area contributed by atoms with E-state index in [-0.39, 0.29) is 29.2 Å². The molecule has 0 aliphatic heterocycles. The maximum atomic E-state index is 12.7. The van der Waals surface area contributed by atoms with Gasteiger partial charge in [0.25, 0.3) is 5.69 Å². The van der Waals surface area contributed by atoms with Crippen LogP contribution in [-0.4, -0.2) is 16.7 Å². The molecule has 3 aromatic carbocycles. The summed E-state index contributed by atoms with van der Waals surface area (Å²) in [7, 11) is 0. The second-order valence-corrected chi connectivity index (χ2v) is 5.74. The van der Waals surface area contributed by atoms with Crippen LogP contribution in [0.3, 0.4) is 0 Å². The van der Waals surface area contributed by atoms with Crippen LogP contribution < -0.4 is 0 Å². The molecule has 0 aromatic heterocycles. The van der Waals surface area contributed by atoms with Gasteiger partial charge in [0.1, 0.15) is 6.61 Å². The Labute approximate surface area is 155 Å². The number of carbonyl (C=O) groups excluding carboxylic acids is 2. The Kier molecular flexibility index (Phi) is 5.37. The molecule has 0 heterocycles. The lowest BCUT2D eigenvalue weighted by atomic mass is 9.98. The highest BCUT2D eigenvalue weighted by Gasteiger charge is 2.19. The minimum atomic E-state index is -0.665. The van der Waals surface area contributed by atoms with Crippen molar-refractivity contribution in [1.29, 1.82) is 0 Å². The number of non-ortho nitro benzene ring substituents is 1. The van der Waals surface area contributed by atoms with Gasteiger partial charge in [0, 0.05) is 23.3 Å². The highest BCUT2D eigenvalue weighted by atomic mass is 16.6. The largest absolute Gasteiger partial charge is 0.457 e. The van der Waals surface area contributed by atoms with Gasteiger partial charge in [-0.05, 0) is 11.6 Å². The second kappa shape index (κ2) is 8.05. The zero-order valence-corrected chi connectivity index (χ0v) is 14.2. The van der Waals surface area contributed by atoms with Crippen molar-refractivity contribution in [2.75, 3.05) is 0 Å². The summed E-state index contributed by atoms with van der Waals surface area (Å²) in [6, 6.07) is 20.9. The summed E-state index contributed by atoms with van der Waals surface area (Å²) >= 11 is 0. The third-order valence-electron chi connectivity index (χ3n) is 3.92. The third-order valence-corrected chi connectivity index (χ3v) is 3.92. The number of nitro benzene ring substituents is 1. The van der Waals surface area contributed by atoms with Gasteiger partial charge in [-0.15, -0.1) is 0 Å².